The maximum absolute atomic E-state index is 13.0. The first-order valence-corrected chi connectivity index (χ1v) is 8.78. The molecule has 2 aromatic carbocycles. The zero-order valence-corrected chi connectivity index (χ0v) is 15.3. The molecule has 0 radical (unpaired) electrons. The molecule has 0 unspecified atom stereocenters. The number of fused-ring (bicyclic) bond motifs is 1. The standard InChI is InChI=1S/C20H12ClF3N4O/c21-16-8-7-13(10-25-16)26-19(29)14-5-2-6-15-17(14)28-18(27-15)11-3-1-4-12(9-11)20(22,23)24/h1-10H,(H,26,29)(H,27,28). The van der Waals surface area contributed by atoms with Crippen LogP contribution in [0, 0.1) is 0 Å². The highest BCUT2D eigenvalue weighted by molar-refractivity contribution is 6.29. The first-order chi connectivity index (χ1) is 13.8. The van der Waals surface area contributed by atoms with Gasteiger partial charge in [0.25, 0.3) is 5.91 Å². The molecule has 2 aromatic heterocycles. The van der Waals surface area contributed by atoms with E-state index < -0.39 is 17.6 Å². The third-order valence-corrected chi connectivity index (χ3v) is 4.43. The number of para-hydroxylation sites is 1. The number of hydrogen-bond acceptors (Lipinski definition) is 3. The van der Waals surface area contributed by atoms with Crippen LogP contribution in [0.5, 0.6) is 0 Å². The van der Waals surface area contributed by atoms with E-state index in [1.807, 2.05) is 0 Å². The lowest BCUT2D eigenvalue weighted by atomic mass is 10.1. The molecule has 5 nitrogen and oxygen atoms in total. The number of benzene rings is 2. The molecule has 0 saturated carbocycles. The van der Waals surface area contributed by atoms with Crippen LogP contribution < -0.4 is 5.32 Å². The third kappa shape index (κ3) is 3.93. The van der Waals surface area contributed by atoms with E-state index in [4.69, 9.17) is 11.6 Å². The third-order valence-electron chi connectivity index (χ3n) is 4.21. The molecule has 4 aromatic rings. The second-order valence-corrected chi connectivity index (χ2v) is 6.58. The van der Waals surface area contributed by atoms with Crippen molar-refractivity contribution in [2.24, 2.45) is 0 Å². The fraction of sp³-hybridized carbons (Fsp3) is 0.0500. The van der Waals surface area contributed by atoms with Gasteiger partial charge in [-0.05, 0) is 36.4 Å². The molecule has 0 bridgehead atoms. The quantitative estimate of drug-likeness (QED) is 0.430. The first-order valence-electron chi connectivity index (χ1n) is 8.40. The van der Waals surface area contributed by atoms with E-state index in [2.05, 4.69) is 20.3 Å². The summed E-state index contributed by atoms with van der Waals surface area (Å²) in [6, 6.07) is 12.9. The number of amides is 1. The lowest BCUT2D eigenvalue weighted by Crippen LogP contribution is -2.12. The summed E-state index contributed by atoms with van der Waals surface area (Å²) in [6.45, 7) is 0. The summed E-state index contributed by atoms with van der Waals surface area (Å²) in [7, 11) is 0. The number of carbonyl (C=O) groups is 1. The normalized spacial score (nSPS) is 11.6. The lowest BCUT2D eigenvalue weighted by molar-refractivity contribution is -0.137. The van der Waals surface area contributed by atoms with Gasteiger partial charge in [-0.3, -0.25) is 4.79 Å². The van der Waals surface area contributed by atoms with Crippen molar-refractivity contribution < 1.29 is 18.0 Å². The van der Waals surface area contributed by atoms with E-state index in [0.29, 0.717) is 21.9 Å². The zero-order valence-electron chi connectivity index (χ0n) is 14.6. The molecule has 0 saturated heterocycles. The average Bonchev–Trinajstić information content (AvgIpc) is 3.13. The molecule has 0 atom stereocenters. The minimum absolute atomic E-state index is 0.236. The Balaban J connectivity index is 1.70. The molecule has 2 N–H and O–H groups in total. The van der Waals surface area contributed by atoms with Gasteiger partial charge in [0, 0.05) is 5.56 Å². The number of imidazole rings is 1. The number of aromatic amines is 1. The van der Waals surface area contributed by atoms with E-state index in [0.717, 1.165) is 12.1 Å². The van der Waals surface area contributed by atoms with Crippen molar-refractivity contribution in [3.63, 3.8) is 0 Å². The average molecular weight is 417 g/mol. The monoisotopic (exact) mass is 416 g/mol. The smallest absolute Gasteiger partial charge is 0.338 e. The molecule has 1 amide bonds. The van der Waals surface area contributed by atoms with Crippen LogP contribution in [0.4, 0.5) is 18.9 Å². The first kappa shape index (κ1) is 18.9. The van der Waals surface area contributed by atoms with Gasteiger partial charge in [0.2, 0.25) is 0 Å². The minimum atomic E-state index is -4.46. The molecule has 29 heavy (non-hydrogen) atoms. The van der Waals surface area contributed by atoms with Gasteiger partial charge in [0.05, 0.1) is 28.5 Å². The molecule has 9 heteroatoms. The van der Waals surface area contributed by atoms with Crippen LogP contribution in [-0.4, -0.2) is 20.9 Å². The van der Waals surface area contributed by atoms with Gasteiger partial charge in [-0.1, -0.05) is 29.8 Å². The fourth-order valence-electron chi connectivity index (χ4n) is 2.84. The number of nitrogens with one attached hydrogen (secondary N) is 2. The summed E-state index contributed by atoms with van der Waals surface area (Å²) in [5.74, 6) is -0.193. The highest BCUT2D eigenvalue weighted by atomic mass is 35.5. The molecular formula is C20H12ClF3N4O. The number of H-pyrrole nitrogens is 1. The molecular weight excluding hydrogens is 405 g/mol. The summed E-state index contributed by atoms with van der Waals surface area (Å²) in [6.07, 6.45) is -3.04. The molecule has 0 aliphatic rings. The number of rotatable bonds is 3. The van der Waals surface area contributed by atoms with Crippen LogP contribution in [0.2, 0.25) is 5.15 Å². The summed E-state index contributed by atoms with van der Waals surface area (Å²) >= 11 is 5.74. The topological polar surface area (TPSA) is 70.7 Å². The van der Waals surface area contributed by atoms with Crippen molar-refractivity contribution in [3.8, 4) is 11.4 Å². The number of hydrogen-bond donors (Lipinski definition) is 2. The maximum atomic E-state index is 13.0. The number of pyridine rings is 1. The molecule has 2 heterocycles. The molecule has 0 spiro atoms. The van der Waals surface area contributed by atoms with E-state index in [1.165, 1.54) is 24.4 Å². The van der Waals surface area contributed by atoms with Crippen LogP contribution in [0.15, 0.2) is 60.8 Å². The number of halogens is 4. The van der Waals surface area contributed by atoms with E-state index in [1.54, 1.807) is 24.3 Å². The van der Waals surface area contributed by atoms with Crippen molar-refractivity contribution in [2.45, 2.75) is 6.18 Å². The Hall–Kier alpha value is -3.39. The summed E-state index contributed by atoms with van der Waals surface area (Å²) < 4.78 is 39.0. The second-order valence-electron chi connectivity index (χ2n) is 6.19. The van der Waals surface area contributed by atoms with Gasteiger partial charge in [0.15, 0.2) is 0 Å². The molecule has 0 aliphatic heterocycles. The van der Waals surface area contributed by atoms with Crippen LogP contribution in [-0.2, 0) is 6.18 Å². The fourth-order valence-corrected chi connectivity index (χ4v) is 2.95. The molecule has 0 aliphatic carbocycles. The molecule has 4 rings (SSSR count). The van der Waals surface area contributed by atoms with Crippen molar-refractivity contribution >= 4 is 34.2 Å². The van der Waals surface area contributed by atoms with Gasteiger partial charge in [-0.2, -0.15) is 13.2 Å². The maximum Gasteiger partial charge on any atom is 0.416 e. The number of anilines is 1. The number of nitrogens with zero attached hydrogens (tertiary/aromatic N) is 2. The van der Waals surface area contributed by atoms with Crippen molar-refractivity contribution in [2.75, 3.05) is 5.32 Å². The highest BCUT2D eigenvalue weighted by Crippen LogP contribution is 2.32. The molecule has 146 valence electrons. The zero-order chi connectivity index (χ0) is 20.6. The Morgan fingerprint density at radius 3 is 2.59 bits per heavy atom. The highest BCUT2D eigenvalue weighted by Gasteiger charge is 2.30. The Morgan fingerprint density at radius 2 is 1.86 bits per heavy atom. The second kappa shape index (κ2) is 7.21. The minimum Gasteiger partial charge on any atom is -0.338 e. The van der Waals surface area contributed by atoms with Crippen molar-refractivity contribution in [1.29, 1.82) is 0 Å². The SMILES string of the molecule is O=C(Nc1ccc(Cl)nc1)c1cccc2[nH]c(-c3cccc(C(F)(F)F)c3)nc12. The van der Waals surface area contributed by atoms with Crippen LogP contribution >= 0.6 is 11.6 Å². The Labute approximate surface area is 167 Å². The lowest BCUT2D eigenvalue weighted by Gasteiger charge is -2.07. The summed E-state index contributed by atoms with van der Waals surface area (Å²) in [5, 5.41) is 2.99. The summed E-state index contributed by atoms with van der Waals surface area (Å²) in [4.78, 5) is 23.9. The van der Waals surface area contributed by atoms with Crippen molar-refractivity contribution in [3.05, 3.63) is 77.1 Å². The molecule has 0 fully saturated rings. The Bertz CT molecular complexity index is 1200. The largest absolute Gasteiger partial charge is 0.416 e. The van der Waals surface area contributed by atoms with E-state index in [9.17, 15) is 18.0 Å². The van der Waals surface area contributed by atoms with Crippen LogP contribution in [0.1, 0.15) is 15.9 Å². The summed E-state index contributed by atoms with van der Waals surface area (Å²) in [5.41, 5.74) is 1.09. The predicted octanol–water partition coefficient (Wildman–Crippen LogP) is 5.55. The Morgan fingerprint density at radius 1 is 1.07 bits per heavy atom. The Kier molecular flexibility index (Phi) is 4.71. The van der Waals surface area contributed by atoms with Gasteiger partial charge in [-0.15, -0.1) is 0 Å². The predicted molar refractivity (Wildman–Crippen MR) is 104 cm³/mol. The van der Waals surface area contributed by atoms with Crippen LogP contribution in [0.25, 0.3) is 22.4 Å². The number of alkyl halides is 3. The number of aromatic nitrogens is 3. The van der Waals surface area contributed by atoms with Crippen LogP contribution in [0.3, 0.4) is 0 Å². The van der Waals surface area contributed by atoms with Gasteiger partial charge < -0.3 is 10.3 Å². The van der Waals surface area contributed by atoms with E-state index in [-0.39, 0.29) is 17.0 Å². The number of carbonyl (C=O) groups excluding carboxylic acids is 1. The van der Waals surface area contributed by atoms with Gasteiger partial charge in [-0.25, -0.2) is 9.97 Å². The van der Waals surface area contributed by atoms with E-state index >= 15 is 0 Å². The van der Waals surface area contributed by atoms with Gasteiger partial charge in [0.1, 0.15) is 16.5 Å². The van der Waals surface area contributed by atoms with Crippen molar-refractivity contribution in [1.82, 2.24) is 15.0 Å². The van der Waals surface area contributed by atoms with Gasteiger partial charge >= 0.3 is 6.18 Å².